The molecule has 0 aliphatic rings. The van der Waals surface area contributed by atoms with Gasteiger partial charge >= 0.3 is 0 Å². The summed E-state index contributed by atoms with van der Waals surface area (Å²) in [5, 5.41) is 1.44. The fourth-order valence-electron chi connectivity index (χ4n) is 3.18. The molecular weight excluding hydrogens is 304 g/mol. The molecule has 0 atom stereocenters. The second-order valence-corrected chi connectivity index (χ2v) is 5.67. The van der Waals surface area contributed by atoms with Gasteiger partial charge in [0.15, 0.2) is 0 Å². The third kappa shape index (κ3) is 1.62. The average molecular weight is 314 g/mol. The van der Waals surface area contributed by atoms with Gasteiger partial charge in [-0.2, -0.15) is 0 Å². The van der Waals surface area contributed by atoms with Gasteiger partial charge in [0.1, 0.15) is 22.3 Å². The van der Waals surface area contributed by atoms with Gasteiger partial charge in [-0.3, -0.25) is 9.59 Å². The van der Waals surface area contributed by atoms with Gasteiger partial charge in [-0.05, 0) is 36.4 Å². The summed E-state index contributed by atoms with van der Waals surface area (Å²) in [4.78, 5) is 25.9. The Balaban J connectivity index is 2.15. The van der Waals surface area contributed by atoms with Gasteiger partial charge in [-0.15, -0.1) is 0 Å². The van der Waals surface area contributed by atoms with E-state index in [9.17, 15) is 9.59 Å². The standard InChI is InChI=1S/C20H10O4/c21-19-11-5-1-3-7-13(11)23-15-9-10-16-18(17(15)19)20(22)12-6-2-4-8-14(12)24-16/h1-10H. The first-order chi connectivity index (χ1) is 11.7. The van der Waals surface area contributed by atoms with E-state index in [0.717, 1.165) is 0 Å². The minimum Gasteiger partial charge on any atom is -0.456 e. The van der Waals surface area contributed by atoms with Gasteiger partial charge in [0.05, 0.1) is 21.5 Å². The van der Waals surface area contributed by atoms with Crippen LogP contribution in [0.3, 0.4) is 0 Å². The number of rotatable bonds is 0. The highest BCUT2D eigenvalue weighted by Crippen LogP contribution is 2.26. The number of fused-ring (bicyclic) bond motifs is 5. The lowest BCUT2D eigenvalue weighted by Gasteiger charge is -2.05. The van der Waals surface area contributed by atoms with E-state index >= 15 is 0 Å². The first-order valence-corrected chi connectivity index (χ1v) is 7.54. The van der Waals surface area contributed by atoms with Crippen molar-refractivity contribution in [3.8, 4) is 0 Å². The molecule has 0 bridgehead atoms. The minimum absolute atomic E-state index is 0.222. The van der Waals surface area contributed by atoms with Crippen LogP contribution >= 0.6 is 0 Å². The molecule has 5 aromatic rings. The zero-order valence-electron chi connectivity index (χ0n) is 12.4. The molecule has 114 valence electrons. The van der Waals surface area contributed by atoms with Crippen LogP contribution in [0.25, 0.3) is 43.9 Å². The van der Waals surface area contributed by atoms with Crippen molar-refractivity contribution in [3.63, 3.8) is 0 Å². The van der Waals surface area contributed by atoms with Crippen molar-refractivity contribution in [2.75, 3.05) is 0 Å². The Morgan fingerprint density at radius 1 is 0.500 bits per heavy atom. The predicted molar refractivity (Wildman–Crippen MR) is 93.5 cm³/mol. The maximum Gasteiger partial charge on any atom is 0.201 e. The zero-order chi connectivity index (χ0) is 16.3. The smallest absolute Gasteiger partial charge is 0.201 e. The Hall–Kier alpha value is -3.40. The van der Waals surface area contributed by atoms with E-state index in [-0.39, 0.29) is 21.6 Å². The van der Waals surface area contributed by atoms with Crippen molar-refractivity contribution in [2.45, 2.75) is 0 Å². The van der Waals surface area contributed by atoms with E-state index in [2.05, 4.69) is 0 Å². The van der Waals surface area contributed by atoms with Gasteiger partial charge in [-0.1, -0.05) is 24.3 Å². The van der Waals surface area contributed by atoms with Crippen molar-refractivity contribution < 1.29 is 8.83 Å². The van der Waals surface area contributed by atoms with Crippen molar-refractivity contribution in [2.24, 2.45) is 0 Å². The van der Waals surface area contributed by atoms with Gasteiger partial charge in [0, 0.05) is 0 Å². The third-order valence-corrected chi connectivity index (χ3v) is 4.29. The van der Waals surface area contributed by atoms with E-state index in [1.165, 1.54) is 0 Å². The zero-order valence-corrected chi connectivity index (χ0v) is 12.4. The van der Waals surface area contributed by atoms with Crippen LogP contribution in [0.5, 0.6) is 0 Å². The van der Waals surface area contributed by atoms with Crippen LogP contribution in [-0.4, -0.2) is 0 Å². The van der Waals surface area contributed by atoms with Crippen LogP contribution in [0.2, 0.25) is 0 Å². The monoisotopic (exact) mass is 314 g/mol. The van der Waals surface area contributed by atoms with Crippen LogP contribution in [0.4, 0.5) is 0 Å². The summed E-state index contributed by atoms with van der Waals surface area (Å²) < 4.78 is 11.6. The van der Waals surface area contributed by atoms with Crippen LogP contribution in [0.15, 0.2) is 79.1 Å². The molecule has 5 rings (SSSR count). The first-order valence-electron chi connectivity index (χ1n) is 7.54. The van der Waals surface area contributed by atoms with Crippen molar-refractivity contribution in [1.29, 1.82) is 0 Å². The van der Waals surface area contributed by atoms with Crippen LogP contribution in [0.1, 0.15) is 0 Å². The molecular formula is C20H10O4. The average Bonchev–Trinajstić information content (AvgIpc) is 2.62. The Morgan fingerprint density at radius 2 is 0.917 bits per heavy atom. The molecule has 0 aliphatic carbocycles. The SMILES string of the molecule is O=c1c2ccccc2oc2ccc3oc4ccccc4c(=O)c3c12. The molecule has 24 heavy (non-hydrogen) atoms. The fraction of sp³-hybridized carbons (Fsp3) is 0. The lowest BCUT2D eigenvalue weighted by atomic mass is 10.1. The number of para-hydroxylation sites is 2. The summed E-state index contributed by atoms with van der Waals surface area (Å²) in [5.41, 5.74) is 1.32. The summed E-state index contributed by atoms with van der Waals surface area (Å²) in [5.74, 6) is 0. The molecule has 0 radical (unpaired) electrons. The molecule has 0 unspecified atom stereocenters. The Morgan fingerprint density at radius 3 is 1.38 bits per heavy atom. The third-order valence-electron chi connectivity index (χ3n) is 4.29. The largest absolute Gasteiger partial charge is 0.456 e. The Labute approximate surface area is 134 Å². The molecule has 0 saturated heterocycles. The number of hydrogen-bond acceptors (Lipinski definition) is 4. The van der Waals surface area contributed by atoms with Crippen LogP contribution in [-0.2, 0) is 0 Å². The summed E-state index contributed by atoms with van der Waals surface area (Å²) in [6, 6.07) is 17.4. The molecule has 0 aliphatic heterocycles. The predicted octanol–water partition coefficient (Wildman–Crippen LogP) is 4.21. The van der Waals surface area contributed by atoms with Crippen molar-refractivity contribution in [1.82, 2.24) is 0 Å². The van der Waals surface area contributed by atoms with E-state index in [4.69, 9.17) is 8.83 Å². The lowest BCUT2D eigenvalue weighted by molar-refractivity contribution is 0.652. The van der Waals surface area contributed by atoms with Gasteiger partial charge in [0.2, 0.25) is 10.9 Å². The molecule has 0 fully saturated rings. The van der Waals surface area contributed by atoms with Crippen molar-refractivity contribution >= 4 is 43.9 Å². The highest BCUT2D eigenvalue weighted by molar-refractivity contribution is 6.08. The fourth-order valence-corrected chi connectivity index (χ4v) is 3.18. The number of benzene rings is 3. The normalized spacial score (nSPS) is 11.7. The second kappa shape index (κ2) is 4.55. The Kier molecular flexibility index (Phi) is 2.48. The highest BCUT2D eigenvalue weighted by Gasteiger charge is 2.16. The lowest BCUT2D eigenvalue weighted by Crippen LogP contribution is -2.09. The van der Waals surface area contributed by atoms with Crippen LogP contribution < -0.4 is 10.9 Å². The quantitative estimate of drug-likeness (QED) is 0.317. The maximum absolute atomic E-state index is 12.9. The Bertz CT molecular complexity index is 1280. The molecule has 0 N–H and O–H groups in total. The van der Waals surface area contributed by atoms with E-state index in [1.807, 2.05) is 0 Å². The highest BCUT2D eigenvalue weighted by atomic mass is 16.3. The topological polar surface area (TPSA) is 60.4 Å². The number of hydrogen-bond donors (Lipinski definition) is 0. The summed E-state index contributed by atoms with van der Waals surface area (Å²) in [7, 11) is 0. The van der Waals surface area contributed by atoms with E-state index in [0.29, 0.717) is 33.1 Å². The first kappa shape index (κ1) is 13.1. The summed E-state index contributed by atoms with van der Waals surface area (Å²) >= 11 is 0. The van der Waals surface area contributed by atoms with Gasteiger partial charge < -0.3 is 8.83 Å². The molecule has 3 aromatic carbocycles. The molecule has 4 nitrogen and oxygen atoms in total. The van der Waals surface area contributed by atoms with E-state index in [1.54, 1.807) is 60.7 Å². The molecule has 2 heterocycles. The molecule has 0 amide bonds. The summed E-state index contributed by atoms with van der Waals surface area (Å²) in [6.45, 7) is 0. The van der Waals surface area contributed by atoms with Gasteiger partial charge in [-0.25, -0.2) is 0 Å². The molecule has 0 spiro atoms. The maximum atomic E-state index is 12.9. The molecule has 0 saturated carbocycles. The second-order valence-electron chi connectivity index (χ2n) is 5.67. The van der Waals surface area contributed by atoms with Crippen molar-refractivity contribution in [3.05, 3.63) is 81.1 Å². The molecule has 4 heteroatoms. The van der Waals surface area contributed by atoms with Gasteiger partial charge in [0.25, 0.3) is 0 Å². The molecule has 2 aromatic heterocycles. The minimum atomic E-state index is -0.222. The summed E-state index contributed by atoms with van der Waals surface area (Å²) in [6.07, 6.45) is 0. The van der Waals surface area contributed by atoms with E-state index < -0.39 is 0 Å². The van der Waals surface area contributed by atoms with Crippen LogP contribution in [0, 0.1) is 0 Å².